The van der Waals surface area contributed by atoms with Crippen LogP contribution in [0, 0.1) is 0 Å². The lowest BCUT2D eigenvalue weighted by Crippen LogP contribution is -2.36. The third kappa shape index (κ3) is 3.64. The minimum absolute atomic E-state index is 0.208. The Morgan fingerprint density at radius 3 is 3.00 bits per heavy atom. The highest BCUT2D eigenvalue weighted by Gasteiger charge is 2.16. The third-order valence-corrected chi connectivity index (χ3v) is 2.89. The highest BCUT2D eigenvalue weighted by Crippen LogP contribution is 2.34. The van der Waals surface area contributed by atoms with Gasteiger partial charge in [0.15, 0.2) is 11.5 Å². The molecule has 0 saturated carbocycles. The van der Waals surface area contributed by atoms with Gasteiger partial charge in [0.05, 0.1) is 6.10 Å². The van der Waals surface area contributed by atoms with E-state index >= 15 is 0 Å². The number of aliphatic hydroxyl groups is 1. The van der Waals surface area contributed by atoms with Crippen LogP contribution in [-0.4, -0.2) is 31.0 Å². The summed E-state index contributed by atoms with van der Waals surface area (Å²) < 4.78 is 10.5. The topological polar surface area (TPSA) is 79.8 Å². The van der Waals surface area contributed by atoms with E-state index in [1.807, 2.05) is 0 Å². The molecule has 1 atom stereocenters. The first-order valence-corrected chi connectivity index (χ1v) is 6.41. The Balaban J connectivity index is 1.78. The lowest BCUT2D eigenvalue weighted by atomic mass is 10.1. The maximum Gasteiger partial charge on any atom is 0.315 e. The van der Waals surface area contributed by atoms with Crippen LogP contribution in [0.15, 0.2) is 30.9 Å². The van der Waals surface area contributed by atoms with Crippen LogP contribution in [0.3, 0.4) is 0 Å². The molecule has 0 bridgehead atoms. The first-order chi connectivity index (χ1) is 9.70. The number of hydrogen-bond donors (Lipinski definition) is 3. The minimum Gasteiger partial charge on any atom is -0.454 e. The predicted molar refractivity (Wildman–Crippen MR) is 73.7 cm³/mol. The second kappa shape index (κ2) is 6.81. The quantitative estimate of drug-likeness (QED) is 0.686. The molecule has 6 heteroatoms. The summed E-state index contributed by atoms with van der Waals surface area (Å²) in [6, 6.07) is 5.04. The zero-order chi connectivity index (χ0) is 14.4. The standard InChI is InChI=1S/C14H18N2O4/c1-2-6-15-14(18)16-7-5-11(17)10-3-4-12-13(8-10)20-9-19-12/h2-4,8,11,17H,1,5-7,9H2,(H2,15,16,18). The molecule has 1 heterocycles. The van der Waals surface area contributed by atoms with Gasteiger partial charge in [-0.2, -0.15) is 0 Å². The molecule has 1 aliphatic rings. The van der Waals surface area contributed by atoms with Gasteiger partial charge in [0.25, 0.3) is 0 Å². The summed E-state index contributed by atoms with van der Waals surface area (Å²) in [5.41, 5.74) is 0.738. The van der Waals surface area contributed by atoms with E-state index < -0.39 is 6.10 Å². The van der Waals surface area contributed by atoms with E-state index in [0.29, 0.717) is 31.0 Å². The molecule has 6 nitrogen and oxygen atoms in total. The normalized spacial score (nSPS) is 13.7. The van der Waals surface area contributed by atoms with E-state index in [9.17, 15) is 9.90 Å². The Morgan fingerprint density at radius 2 is 2.20 bits per heavy atom. The molecule has 2 rings (SSSR count). The van der Waals surface area contributed by atoms with Gasteiger partial charge in [0.2, 0.25) is 6.79 Å². The highest BCUT2D eigenvalue weighted by atomic mass is 16.7. The van der Waals surface area contributed by atoms with E-state index in [4.69, 9.17) is 9.47 Å². The number of carbonyl (C=O) groups excluding carboxylic acids is 1. The summed E-state index contributed by atoms with van der Waals surface area (Å²) in [4.78, 5) is 11.3. The van der Waals surface area contributed by atoms with E-state index in [-0.39, 0.29) is 12.8 Å². The summed E-state index contributed by atoms with van der Waals surface area (Å²) in [6.07, 6.45) is 1.35. The fourth-order valence-corrected chi connectivity index (χ4v) is 1.84. The first-order valence-electron chi connectivity index (χ1n) is 6.41. The van der Waals surface area contributed by atoms with Crippen LogP contribution in [-0.2, 0) is 0 Å². The van der Waals surface area contributed by atoms with Crippen LogP contribution in [0.4, 0.5) is 4.79 Å². The molecule has 0 saturated heterocycles. The van der Waals surface area contributed by atoms with Crippen LogP contribution in [0.1, 0.15) is 18.1 Å². The molecule has 0 aromatic heterocycles. The number of nitrogens with one attached hydrogen (secondary N) is 2. The van der Waals surface area contributed by atoms with Crippen molar-refractivity contribution in [3.63, 3.8) is 0 Å². The maximum atomic E-state index is 11.3. The number of rotatable bonds is 6. The van der Waals surface area contributed by atoms with Crippen molar-refractivity contribution in [1.82, 2.24) is 10.6 Å². The number of ether oxygens (including phenoxy) is 2. The van der Waals surface area contributed by atoms with Gasteiger partial charge in [0, 0.05) is 13.1 Å². The van der Waals surface area contributed by atoms with E-state index in [2.05, 4.69) is 17.2 Å². The van der Waals surface area contributed by atoms with Crippen molar-refractivity contribution in [2.45, 2.75) is 12.5 Å². The fraction of sp³-hybridized carbons (Fsp3) is 0.357. The number of urea groups is 1. The molecule has 1 aromatic rings. The number of amides is 2. The maximum absolute atomic E-state index is 11.3. The predicted octanol–water partition coefficient (Wildman–Crippen LogP) is 1.32. The number of benzene rings is 1. The van der Waals surface area contributed by atoms with Gasteiger partial charge >= 0.3 is 6.03 Å². The number of fused-ring (bicyclic) bond motifs is 1. The molecule has 0 spiro atoms. The lowest BCUT2D eigenvalue weighted by Gasteiger charge is -2.12. The highest BCUT2D eigenvalue weighted by molar-refractivity contribution is 5.73. The Morgan fingerprint density at radius 1 is 1.40 bits per heavy atom. The van der Waals surface area contributed by atoms with Crippen molar-refractivity contribution in [2.75, 3.05) is 19.9 Å². The van der Waals surface area contributed by atoms with Gasteiger partial charge in [0.1, 0.15) is 0 Å². The zero-order valence-corrected chi connectivity index (χ0v) is 11.1. The van der Waals surface area contributed by atoms with Gasteiger partial charge in [-0.15, -0.1) is 6.58 Å². The number of carbonyl (C=O) groups is 1. The van der Waals surface area contributed by atoms with Crippen LogP contribution in [0.25, 0.3) is 0 Å². The first kappa shape index (κ1) is 14.2. The summed E-state index contributed by atoms with van der Waals surface area (Å²) in [6.45, 7) is 4.50. The molecule has 1 unspecified atom stereocenters. The third-order valence-electron chi connectivity index (χ3n) is 2.89. The second-order valence-corrected chi connectivity index (χ2v) is 4.34. The summed E-state index contributed by atoms with van der Waals surface area (Å²) in [5, 5.41) is 15.3. The van der Waals surface area contributed by atoms with Crippen molar-refractivity contribution in [1.29, 1.82) is 0 Å². The van der Waals surface area contributed by atoms with Crippen molar-refractivity contribution in [2.24, 2.45) is 0 Å². The van der Waals surface area contributed by atoms with Gasteiger partial charge in [-0.3, -0.25) is 0 Å². The molecular formula is C14H18N2O4. The molecule has 0 radical (unpaired) electrons. The van der Waals surface area contributed by atoms with Gasteiger partial charge in [-0.1, -0.05) is 12.1 Å². The SMILES string of the molecule is C=CCNC(=O)NCCC(O)c1ccc2c(c1)OCO2. The molecule has 3 N–H and O–H groups in total. The molecular weight excluding hydrogens is 260 g/mol. The van der Waals surface area contributed by atoms with Crippen molar-refractivity contribution in [3.05, 3.63) is 36.4 Å². The van der Waals surface area contributed by atoms with Gasteiger partial charge in [-0.05, 0) is 24.1 Å². The average molecular weight is 278 g/mol. The van der Waals surface area contributed by atoms with Gasteiger partial charge in [-0.25, -0.2) is 4.79 Å². The Bertz CT molecular complexity index is 490. The van der Waals surface area contributed by atoms with E-state index in [1.54, 1.807) is 24.3 Å². The van der Waals surface area contributed by atoms with Crippen LogP contribution < -0.4 is 20.1 Å². The summed E-state index contributed by atoms with van der Waals surface area (Å²) in [7, 11) is 0. The molecule has 0 fully saturated rings. The van der Waals surface area contributed by atoms with Crippen molar-refractivity contribution >= 4 is 6.03 Å². The monoisotopic (exact) mass is 278 g/mol. The molecule has 2 amide bonds. The van der Waals surface area contributed by atoms with E-state index in [0.717, 1.165) is 5.56 Å². The average Bonchev–Trinajstić information content (AvgIpc) is 2.92. The Hall–Kier alpha value is -2.21. The minimum atomic E-state index is -0.663. The fourth-order valence-electron chi connectivity index (χ4n) is 1.84. The Kier molecular flexibility index (Phi) is 4.84. The molecule has 1 aliphatic heterocycles. The summed E-state index contributed by atoms with van der Waals surface area (Å²) in [5.74, 6) is 1.32. The smallest absolute Gasteiger partial charge is 0.315 e. The molecule has 0 aliphatic carbocycles. The zero-order valence-electron chi connectivity index (χ0n) is 11.1. The summed E-state index contributed by atoms with van der Waals surface area (Å²) >= 11 is 0. The molecule has 20 heavy (non-hydrogen) atoms. The van der Waals surface area contributed by atoms with Crippen molar-refractivity contribution < 1.29 is 19.4 Å². The number of hydrogen-bond acceptors (Lipinski definition) is 4. The van der Waals surface area contributed by atoms with Crippen LogP contribution >= 0.6 is 0 Å². The Labute approximate surface area is 117 Å². The second-order valence-electron chi connectivity index (χ2n) is 4.34. The largest absolute Gasteiger partial charge is 0.454 e. The van der Waals surface area contributed by atoms with Crippen LogP contribution in [0.2, 0.25) is 0 Å². The van der Waals surface area contributed by atoms with E-state index in [1.165, 1.54) is 0 Å². The molecule has 1 aromatic carbocycles. The lowest BCUT2D eigenvalue weighted by molar-refractivity contribution is 0.165. The van der Waals surface area contributed by atoms with Crippen molar-refractivity contribution in [3.8, 4) is 11.5 Å². The number of aliphatic hydroxyl groups excluding tert-OH is 1. The van der Waals surface area contributed by atoms with Gasteiger partial charge < -0.3 is 25.2 Å². The molecule has 108 valence electrons. The van der Waals surface area contributed by atoms with Crippen LogP contribution in [0.5, 0.6) is 11.5 Å².